The molecule has 0 aliphatic heterocycles. The summed E-state index contributed by atoms with van der Waals surface area (Å²) in [6.45, 7) is 0.370. The third-order valence-corrected chi connectivity index (χ3v) is 2.29. The van der Waals surface area contributed by atoms with Crippen LogP contribution in [0.3, 0.4) is 0 Å². The van der Waals surface area contributed by atoms with Gasteiger partial charge in [-0.3, -0.25) is 0 Å². The number of hydrogen-bond donors (Lipinski definition) is 3. The van der Waals surface area contributed by atoms with Gasteiger partial charge < -0.3 is 15.5 Å². The van der Waals surface area contributed by atoms with Crippen LogP contribution in [0.2, 0.25) is 0 Å². The molecule has 0 aromatic heterocycles. The molecule has 2 aromatic rings. The first-order valence-corrected chi connectivity index (χ1v) is 5.15. The SMILES string of the molecule is Oc1cc(F)cc(CNc2cccc(O)c2)c1. The zero-order valence-electron chi connectivity index (χ0n) is 9.02. The van der Waals surface area contributed by atoms with Crippen molar-refractivity contribution in [2.75, 3.05) is 5.32 Å². The quantitative estimate of drug-likeness (QED) is 0.764. The van der Waals surface area contributed by atoms with Crippen LogP contribution in [-0.2, 0) is 6.54 Å². The number of hydrogen-bond acceptors (Lipinski definition) is 3. The summed E-state index contributed by atoms with van der Waals surface area (Å²) < 4.78 is 13.0. The first-order chi connectivity index (χ1) is 8.13. The second kappa shape index (κ2) is 4.74. The predicted molar refractivity (Wildman–Crippen MR) is 63.5 cm³/mol. The predicted octanol–water partition coefficient (Wildman–Crippen LogP) is 2.85. The standard InChI is InChI=1S/C13H12FNO2/c14-10-4-9(5-13(17)6-10)8-15-11-2-1-3-12(16)7-11/h1-7,15-17H,8H2. The van der Waals surface area contributed by atoms with Crippen molar-refractivity contribution in [3.05, 3.63) is 53.8 Å². The summed E-state index contributed by atoms with van der Waals surface area (Å²) in [5.41, 5.74) is 1.36. The van der Waals surface area contributed by atoms with Gasteiger partial charge in [0, 0.05) is 24.4 Å². The largest absolute Gasteiger partial charge is 0.508 e. The van der Waals surface area contributed by atoms with Gasteiger partial charge in [0.2, 0.25) is 0 Å². The minimum absolute atomic E-state index is 0.0993. The molecule has 0 unspecified atom stereocenters. The molecule has 0 heterocycles. The molecule has 3 N–H and O–H groups in total. The van der Waals surface area contributed by atoms with Gasteiger partial charge in [0.15, 0.2) is 0 Å². The summed E-state index contributed by atoms with van der Waals surface area (Å²) in [4.78, 5) is 0. The highest BCUT2D eigenvalue weighted by Crippen LogP contribution is 2.18. The first kappa shape index (κ1) is 11.3. The second-order valence-corrected chi connectivity index (χ2v) is 3.72. The van der Waals surface area contributed by atoms with E-state index in [2.05, 4.69) is 5.32 Å². The molecule has 2 rings (SSSR count). The van der Waals surface area contributed by atoms with Gasteiger partial charge in [-0.25, -0.2) is 4.39 Å². The van der Waals surface area contributed by atoms with Gasteiger partial charge >= 0.3 is 0 Å². The highest BCUT2D eigenvalue weighted by atomic mass is 19.1. The molecule has 0 aliphatic carbocycles. The number of phenols is 2. The maximum Gasteiger partial charge on any atom is 0.127 e. The van der Waals surface area contributed by atoms with E-state index in [1.54, 1.807) is 24.3 Å². The highest BCUT2D eigenvalue weighted by molar-refractivity contribution is 5.48. The van der Waals surface area contributed by atoms with Crippen LogP contribution in [0.5, 0.6) is 11.5 Å². The maximum absolute atomic E-state index is 13.0. The van der Waals surface area contributed by atoms with E-state index in [4.69, 9.17) is 0 Å². The lowest BCUT2D eigenvalue weighted by atomic mass is 10.2. The lowest BCUT2D eigenvalue weighted by Crippen LogP contribution is -1.99. The summed E-state index contributed by atoms with van der Waals surface area (Å²) in [6.07, 6.45) is 0. The van der Waals surface area contributed by atoms with Crippen LogP contribution in [0.4, 0.5) is 10.1 Å². The molecule has 0 spiro atoms. The van der Waals surface area contributed by atoms with Crippen LogP contribution in [0.1, 0.15) is 5.56 Å². The molecule has 2 aromatic carbocycles. The first-order valence-electron chi connectivity index (χ1n) is 5.15. The van der Waals surface area contributed by atoms with Gasteiger partial charge in [-0.15, -0.1) is 0 Å². The number of nitrogens with one attached hydrogen (secondary N) is 1. The molecule has 0 saturated carbocycles. The zero-order valence-corrected chi connectivity index (χ0v) is 9.02. The van der Waals surface area contributed by atoms with Gasteiger partial charge in [0.1, 0.15) is 17.3 Å². The van der Waals surface area contributed by atoms with Crippen molar-refractivity contribution >= 4 is 5.69 Å². The van der Waals surface area contributed by atoms with Crippen LogP contribution < -0.4 is 5.32 Å². The van der Waals surface area contributed by atoms with Crippen molar-refractivity contribution in [3.8, 4) is 11.5 Å². The second-order valence-electron chi connectivity index (χ2n) is 3.72. The number of phenolic OH excluding ortho intramolecular Hbond substituents is 2. The maximum atomic E-state index is 13.0. The number of aromatic hydroxyl groups is 2. The number of rotatable bonds is 3. The van der Waals surface area contributed by atoms with Crippen molar-refractivity contribution in [2.24, 2.45) is 0 Å². The molecule has 17 heavy (non-hydrogen) atoms. The zero-order chi connectivity index (χ0) is 12.3. The van der Waals surface area contributed by atoms with Crippen molar-refractivity contribution in [1.29, 1.82) is 0 Å². The lowest BCUT2D eigenvalue weighted by molar-refractivity contribution is 0.468. The molecule has 0 bridgehead atoms. The summed E-state index contributed by atoms with van der Waals surface area (Å²) in [6, 6.07) is 10.5. The summed E-state index contributed by atoms with van der Waals surface area (Å²) in [5.74, 6) is -0.410. The smallest absolute Gasteiger partial charge is 0.127 e. The Morgan fingerprint density at radius 2 is 1.82 bits per heavy atom. The normalized spacial score (nSPS) is 10.2. The van der Waals surface area contributed by atoms with Gasteiger partial charge in [0.05, 0.1) is 0 Å². The molecule has 0 aliphatic rings. The van der Waals surface area contributed by atoms with Gasteiger partial charge in [-0.05, 0) is 29.8 Å². The topological polar surface area (TPSA) is 52.5 Å². The molecule has 0 atom stereocenters. The average molecular weight is 233 g/mol. The highest BCUT2D eigenvalue weighted by Gasteiger charge is 2.00. The van der Waals surface area contributed by atoms with Crippen LogP contribution in [-0.4, -0.2) is 10.2 Å². The minimum Gasteiger partial charge on any atom is -0.508 e. The van der Waals surface area contributed by atoms with Crippen molar-refractivity contribution in [2.45, 2.75) is 6.54 Å². The molecule has 0 amide bonds. The van der Waals surface area contributed by atoms with Crippen LogP contribution in [0, 0.1) is 5.82 Å². The van der Waals surface area contributed by atoms with E-state index in [0.717, 1.165) is 11.8 Å². The molecule has 3 nitrogen and oxygen atoms in total. The Morgan fingerprint density at radius 3 is 2.53 bits per heavy atom. The summed E-state index contributed by atoms with van der Waals surface area (Å²) in [5, 5.41) is 21.5. The van der Waals surface area contributed by atoms with Crippen LogP contribution >= 0.6 is 0 Å². The van der Waals surface area contributed by atoms with Crippen molar-refractivity contribution in [3.63, 3.8) is 0 Å². The fourth-order valence-corrected chi connectivity index (χ4v) is 1.56. The molecule has 0 radical (unpaired) electrons. The Labute approximate surface area is 98.2 Å². The number of halogens is 1. The van der Waals surface area contributed by atoms with E-state index in [9.17, 15) is 14.6 Å². The van der Waals surface area contributed by atoms with E-state index in [-0.39, 0.29) is 11.5 Å². The van der Waals surface area contributed by atoms with E-state index >= 15 is 0 Å². The third-order valence-electron chi connectivity index (χ3n) is 2.29. The summed E-state index contributed by atoms with van der Waals surface area (Å²) in [7, 11) is 0. The van der Waals surface area contributed by atoms with Gasteiger partial charge in [-0.1, -0.05) is 6.07 Å². The summed E-state index contributed by atoms with van der Waals surface area (Å²) >= 11 is 0. The molecular weight excluding hydrogens is 221 g/mol. The van der Waals surface area contributed by atoms with E-state index in [0.29, 0.717) is 12.1 Å². The molecule has 0 saturated heterocycles. The average Bonchev–Trinajstić information content (AvgIpc) is 2.25. The molecule has 4 heteroatoms. The monoisotopic (exact) mass is 233 g/mol. The van der Waals surface area contributed by atoms with Crippen LogP contribution in [0.15, 0.2) is 42.5 Å². The van der Waals surface area contributed by atoms with Crippen LogP contribution in [0.25, 0.3) is 0 Å². The fourth-order valence-electron chi connectivity index (χ4n) is 1.56. The Hall–Kier alpha value is -2.23. The van der Waals surface area contributed by atoms with Crippen molar-refractivity contribution < 1.29 is 14.6 Å². The van der Waals surface area contributed by atoms with Gasteiger partial charge in [-0.2, -0.15) is 0 Å². The van der Waals surface area contributed by atoms with E-state index in [1.807, 2.05) is 0 Å². The van der Waals surface area contributed by atoms with E-state index in [1.165, 1.54) is 12.1 Å². The number of benzene rings is 2. The minimum atomic E-state index is -0.474. The molecular formula is C13H12FNO2. The van der Waals surface area contributed by atoms with Crippen molar-refractivity contribution in [1.82, 2.24) is 0 Å². The Kier molecular flexibility index (Phi) is 3.14. The fraction of sp³-hybridized carbons (Fsp3) is 0.0769. The molecule has 88 valence electrons. The molecule has 0 fully saturated rings. The Bertz CT molecular complexity index is 508. The van der Waals surface area contributed by atoms with E-state index < -0.39 is 5.82 Å². The van der Waals surface area contributed by atoms with Gasteiger partial charge in [0.25, 0.3) is 0 Å². The lowest BCUT2D eigenvalue weighted by Gasteiger charge is -2.07. The number of anilines is 1. The Morgan fingerprint density at radius 1 is 1.00 bits per heavy atom. The third kappa shape index (κ3) is 3.11. The Balaban J connectivity index is 2.07.